The van der Waals surface area contributed by atoms with Gasteiger partial charge in [-0.25, -0.2) is 27.9 Å². The van der Waals surface area contributed by atoms with Crippen LogP contribution < -0.4 is 4.72 Å². The molecule has 0 radical (unpaired) electrons. The first-order chi connectivity index (χ1) is 9.94. The predicted molar refractivity (Wildman–Crippen MR) is 71.1 cm³/mol. The molecular weight excluding hydrogens is 298 g/mol. The third-order valence-electron chi connectivity index (χ3n) is 2.63. The lowest BCUT2D eigenvalue weighted by atomic mass is 10.3. The number of aromatic nitrogens is 2. The molecule has 2 rings (SSSR count). The number of carboxylic acid groups (broad SMARTS) is 1. The Morgan fingerprint density at radius 2 is 2.05 bits per heavy atom. The average molecular weight is 311 g/mol. The Morgan fingerprint density at radius 1 is 1.38 bits per heavy atom. The van der Waals surface area contributed by atoms with Crippen molar-refractivity contribution in [3.8, 4) is 0 Å². The Bertz CT molecular complexity index is 740. The van der Waals surface area contributed by atoms with E-state index < -0.39 is 21.8 Å². The highest BCUT2D eigenvalue weighted by Crippen LogP contribution is 2.21. The Labute approximate surface area is 120 Å². The molecule has 0 aliphatic heterocycles. The van der Waals surface area contributed by atoms with Gasteiger partial charge in [-0.1, -0.05) is 6.92 Å². The number of nitrogens with one attached hydrogen (secondary N) is 1. The lowest BCUT2D eigenvalue weighted by molar-refractivity contribution is 0.0660. The number of sulfonamides is 1. The van der Waals surface area contributed by atoms with E-state index in [1.807, 2.05) is 0 Å². The van der Waals surface area contributed by atoms with Crippen molar-refractivity contribution < 1.29 is 22.7 Å². The molecular formula is C12H13N3O5S. The van der Waals surface area contributed by atoms with Crippen molar-refractivity contribution in [3.63, 3.8) is 0 Å². The van der Waals surface area contributed by atoms with E-state index in [1.54, 1.807) is 13.0 Å². The zero-order chi connectivity index (χ0) is 15.5. The topological polar surface area (TPSA) is 122 Å². The third kappa shape index (κ3) is 3.44. The molecule has 2 heterocycles. The fourth-order valence-electron chi connectivity index (χ4n) is 1.65. The smallest absolute Gasteiger partial charge is 0.371 e. The number of aromatic carboxylic acids is 1. The molecule has 0 saturated heterocycles. The number of aryl methyl sites for hydroxylation is 1. The summed E-state index contributed by atoms with van der Waals surface area (Å²) in [6, 6.07) is 2.61. The van der Waals surface area contributed by atoms with Gasteiger partial charge >= 0.3 is 5.97 Å². The van der Waals surface area contributed by atoms with E-state index in [4.69, 9.17) is 9.52 Å². The van der Waals surface area contributed by atoms with Crippen LogP contribution in [0.3, 0.4) is 0 Å². The zero-order valence-corrected chi connectivity index (χ0v) is 11.9. The van der Waals surface area contributed by atoms with E-state index in [9.17, 15) is 13.2 Å². The highest BCUT2D eigenvalue weighted by Gasteiger charge is 2.25. The molecule has 0 atom stereocenters. The minimum atomic E-state index is -3.90. The number of nitrogens with zero attached hydrogens (tertiary/aromatic N) is 2. The van der Waals surface area contributed by atoms with Gasteiger partial charge in [0.15, 0.2) is 0 Å². The second-order valence-electron chi connectivity index (χ2n) is 4.05. The van der Waals surface area contributed by atoms with Gasteiger partial charge < -0.3 is 9.52 Å². The summed E-state index contributed by atoms with van der Waals surface area (Å²) in [5.41, 5.74) is 0. The van der Waals surface area contributed by atoms with Crippen LogP contribution in [0.25, 0.3) is 0 Å². The van der Waals surface area contributed by atoms with Gasteiger partial charge in [-0.05, 0) is 6.07 Å². The predicted octanol–water partition coefficient (Wildman–Crippen LogP) is 0.809. The molecule has 0 spiro atoms. The van der Waals surface area contributed by atoms with Crippen LogP contribution in [0.2, 0.25) is 0 Å². The minimum Gasteiger partial charge on any atom is -0.475 e. The largest absolute Gasteiger partial charge is 0.475 e. The van der Waals surface area contributed by atoms with E-state index in [-0.39, 0.29) is 23.6 Å². The Balaban J connectivity index is 2.25. The van der Waals surface area contributed by atoms with E-state index in [0.29, 0.717) is 5.82 Å². The molecule has 2 N–H and O–H groups in total. The first kappa shape index (κ1) is 15.1. The molecule has 8 nitrogen and oxygen atoms in total. The summed E-state index contributed by atoms with van der Waals surface area (Å²) in [6.45, 7) is 1.57. The van der Waals surface area contributed by atoms with Gasteiger partial charge in [0.1, 0.15) is 16.5 Å². The minimum absolute atomic E-state index is 0.0916. The second-order valence-corrected chi connectivity index (χ2v) is 5.78. The van der Waals surface area contributed by atoms with Crippen molar-refractivity contribution in [1.29, 1.82) is 0 Å². The zero-order valence-electron chi connectivity index (χ0n) is 11.1. The van der Waals surface area contributed by atoms with Crippen molar-refractivity contribution in [2.24, 2.45) is 0 Å². The molecule has 0 bridgehead atoms. The monoisotopic (exact) mass is 311 g/mol. The molecule has 0 aromatic carbocycles. The van der Waals surface area contributed by atoms with Gasteiger partial charge in [-0.15, -0.1) is 0 Å². The molecule has 2 aromatic heterocycles. The quantitative estimate of drug-likeness (QED) is 0.809. The Kier molecular flexibility index (Phi) is 4.34. The summed E-state index contributed by atoms with van der Waals surface area (Å²) in [5.74, 6) is -1.34. The number of rotatable bonds is 6. The van der Waals surface area contributed by atoms with Crippen molar-refractivity contribution in [2.45, 2.75) is 24.8 Å². The molecule has 0 aliphatic carbocycles. The maximum atomic E-state index is 12.2. The molecule has 0 aliphatic rings. The summed E-state index contributed by atoms with van der Waals surface area (Å²) in [4.78, 5) is 18.5. The lowest BCUT2D eigenvalue weighted by Crippen LogP contribution is -2.24. The van der Waals surface area contributed by atoms with E-state index in [0.717, 1.165) is 6.07 Å². The highest BCUT2D eigenvalue weighted by molar-refractivity contribution is 7.89. The van der Waals surface area contributed by atoms with Crippen LogP contribution in [0.1, 0.15) is 29.1 Å². The van der Waals surface area contributed by atoms with Crippen molar-refractivity contribution in [2.75, 3.05) is 0 Å². The first-order valence-electron chi connectivity index (χ1n) is 6.05. The first-order valence-corrected chi connectivity index (χ1v) is 7.54. The van der Waals surface area contributed by atoms with E-state index >= 15 is 0 Å². The molecule has 0 unspecified atom stereocenters. The van der Waals surface area contributed by atoms with E-state index in [2.05, 4.69) is 14.7 Å². The van der Waals surface area contributed by atoms with Crippen molar-refractivity contribution in [3.05, 3.63) is 41.9 Å². The van der Waals surface area contributed by atoms with Crippen molar-refractivity contribution in [1.82, 2.24) is 14.7 Å². The summed E-state index contributed by atoms with van der Waals surface area (Å²) < 4.78 is 31.7. The maximum Gasteiger partial charge on any atom is 0.371 e. The standard InChI is InChI=1S/C12H13N3O5S/c1-2-8-10(6-9(20-8)12(16)17)21(18,19)15-7-11-13-4-3-5-14-11/h3-6,15H,2,7H2,1H3,(H,16,17). The molecule has 9 heteroatoms. The Morgan fingerprint density at radius 3 is 2.62 bits per heavy atom. The van der Waals surface area contributed by atoms with Crippen molar-refractivity contribution >= 4 is 16.0 Å². The molecule has 0 fully saturated rings. The molecule has 21 heavy (non-hydrogen) atoms. The second kappa shape index (κ2) is 6.02. The van der Waals surface area contributed by atoms with Gasteiger partial charge in [0.05, 0.1) is 6.54 Å². The molecule has 112 valence electrons. The molecule has 0 amide bonds. The van der Waals surface area contributed by atoms with Gasteiger partial charge in [-0.3, -0.25) is 0 Å². The lowest BCUT2D eigenvalue weighted by Gasteiger charge is -2.05. The number of furan rings is 1. The number of carbonyl (C=O) groups is 1. The van der Waals surface area contributed by atoms with Crippen LogP contribution >= 0.6 is 0 Å². The van der Waals surface area contributed by atoms with Gasteiger partial charge in [-0.2, -0.15) is 0 Å². The van der Waals surface area contributed by atoms with E-state index in [1.165, 1.54) is 12.4 Å². The molecule has 0 saturated carbocycles. The van der Waals surface area contributed by atoms with Crippen LogP contribution in [-0.4, -0.2) is 29.5 Å². The fraction of sp³-hybridized carbons (Fsp3) is 0.250. The SMILES string of the molecule is CCc1oc(C(=O)O)cc1S(=O)(=O)NCc1ncccn1. The third-order valence-corrected chi connectivity index (χ3v) is 4.08. The average Bonchev–Trinajstić information content (AvgIpc) is 2.92. The van der Waals surface area contributed by atoms with Crippen LogP contribution in [0, 0.1) is 0 Å². The van der Waals surface area contributed by atoms with Crippen LogP contribution in [0.4, 0.5) is 0 Å². The Hall–Kier alpha value is -2.26. The van der Waals surface area contributed by atoms with Crippen LogP contribution in [0.5, 0.6) is 0 Å². The van der Waals surface area contributed by atoms with Gasteiger partial charge in [0.2, 0.25) is 15.8 Å². The number of hydrogen-bond acceptors (Lipinski definition) is 6. The van der Waals surface area contributed by atoms with Crippen LogP contribution in [0.15, 0.2) is 33.8 Å². The normalized spacial score (nSPS) is 11.5. The number of carboxylic acids is 1. The summed E-state index contributed by atoms with van der Waals surface area (Å²) >= 11 is 0. The molecule has 2 aromatic rings. The number of hydrogen-bond donors (Lipinski definition) is 2. The highest BCUT2D eigenvalue weighted by atomic mass is 32.2. The summed E-state index contributed by atoms with van der Waals surface area (Å²) in [7, 11) is -3.90. The van der Waals surface area contributed by atoms with Gasteiger partial charge in [0, 0.05) is 24.9 Å². The maximum absolute atomic E-state index is 12.2. The van der Waals surface area contributed by atoms with Crippen LogP contribution in [-0.2, 0) is 23.0 Å². The summed E-state index contributed by atoms with van der Waals surface area (Å²) in [5, 5.41) is 8.86. The summed E-state index contributed by atoms with van der Waals surface area (Å²) in [6.07, 6.45) is 3.24. The van der Waals surface area contributed by atoms with Gasteiger partial charge in [0.25, 0.3) is 0 Å². The fourth-order valence-corrected chi connectivity index (χ4v) is 2.87.